The van der Waals surface area contributed by atoms with Crippen molar-refractivity contribution in [3.8, 4) is 0 Å². The Morgan fingerprint density at radius 3 is 2.65 bits per heavy atom. The van der Waals surface area contributed by atoms with Crippen LogP contribution < -0.4 is 0 Å². The van der Waals surface area contributed by atoms with Crippen LogP contribution in [-0.4, -0.2) is 53.5 Å². The number of hydrogen-bond acceptors (Lipinski definition) is 5. The number of aliphatic hydroxyl groups is 1. The van der Waals surface area contributed by atoms with Gasteiger partial charge in [-0.05, 0) is 18.4 Å². The summed E-state index contributed by atoms with van der Waals surface area (Å²) in [4.78, 5) is 13.4. The lowest BCUT2D eigenvalue weighted by molar-refractivity contribution is -0.921. The summed E-state index contributed by atoms with van der Waals surface area (Å²) in [5.74, 6) is -0.576. The van der Waals surface area contributed by atoms with Gasteiger partial charge in [0.1, 0.15) is 18.9 Å². The lowest BCUT2D eigenvalue weighted by Crippen LogP contribution is -2.52. The third-order valence-electron chi connectivity index (χ3n) is 7.59. The van der Waals surface area contributed by atoms with Crippen LogP contribution in [0.15, 0.2) is 47.2 Å². The Morgan fingerprint density at radius 2 is 1.94 bits per heavy atom. The van der Waals surface area contributed by atoms with Gasteiger partial charge in [-0.1, -0.05) is 54.8 Å². The van der Waals surface area contributed by atoms with E-state index in [1.807, 2.05) is 36.4 Å². The molecule has 0 radical (unpaired) electrons. The second kappa shape index (κ2) is 9.53. The molecule has 1 saturated carbocycles. The summed E-state index contributed by atoms with van der Waals surface area (Å²) in [5, 5.41) is 15.7. The average Bonchev–Trinajstić information content (AvgIpc) is 3.46. The number of nitrogens with zero attached hydrogens (tertiary/aromatic N) is 2. The molecule has 2 aromatic rings. The van der Waals surface area contributed by atoms with Gasteiger partial charge >= 0.3 is 5.97 Å². The van der Waals surface area contributed by atoms with Crippen LogP contribution in [0.25, 0.3) is 0 Å². The van der Waals surface area contributed by atoms with Crippen LogP contribution in [0.1, 0.15) is 56.2 Å². The fourth-order valence-electron chi connectivity index (χ4n) is 5.49. The fourth-order valence-corrected chi connectivity index (χ4v) is 5.49. The first-order chi connectivity index (χ1) is 15.0. The van der Waals surface area contributed by atoms with Crippen molar-refractivity contribution in [3.63, 3.8) is 0 Å². The van der Waals surface area contributed by atoms with Crippen molar-refractivity contribution in [1.29, 1.82) is 0 Å². The van der Waals surface area contributed by atoms with E-state index in [1.165, 1.54) is 6.42 Å². The maximum Gasteiger partial charge on any atom is 0.343 e. The molecule has 1 saturated heterocycles. The number of rotatable bonds is 8. The maximum absolute atomic E-state index is 13.4. The highest BCUT2D eigenvalue weighted by Crippen LogP contribution is 2.40. The van der Waals surface area contributed by atoms with Gasteiger partial charge in [-0.2, -0.15) is 0 Å². The minimum absolute atomic E-state index is 0.0900. The van der Waals surface area contributed by atoms with Crippen LogP contribution in [0, 0.1) is 5.92 Å². The van der Waals surface area contributed by atoms with E-state index in [0.717, 1.165) is 68.2 Å². The van der Waals surface area contributed by atoms with E-state index in [0.29, 0.717) is 12.2 Å². The first-order valence-corrected chi connectivity index (χ1v) is 11.7. The largest absolute Gasteiger partial charge is 0.457 e. The number of hydrogen-bond donors (Lipinski definition) is 1. The van der Waals surface area contributed by atoms with Crippen LogP contribution in [0.4, 0.5) is 0 Å². The normalized spacial score (nSPS) is 26.5. The van der Waals surface area contributed by atoms with Crippen molar-refractivity contribution >= 4 is 5.97 Å². The summed E-state index contributed by atoms with van der Waals surface area (Å²) in [5.41, 5.74) is 0.0454. The number of esters is 1. The van der Waals surface area contributed by atoms with E-state index >= 15 is 0 Å². The SMILES string of the molecule is C[N+]1(CCc2ccon2)CCCC1COC(=O)C(O)(c1ccccc1)C1CCCCC1. The molecule has 0 bridgehead atoms. The molecule has 31 heavy (non-hydrogen) atoms. The molecule has 2 heterocycles. The Hall–Kier alpha value is -2.18. The highest BCUT2D eigenvalue weighted by Gasteiger charge is 2.48. The van der Waals surface area contributed by atoms with Gasteiger partial charge in [0, 0.05) is 31.2 Å². The number of carbonyl (C=O) groups excluding carboxylic acids is 1. The van der Waals surface area contributed by atoms with E-state index in [2.05, 4.69) is 12.2 Å². The van der Waals surface area contributed by atoms with Crippen LogP contribution in [0.3, 0.4) is 0 Å². The van der Waals surface area contributed by atoms with Gasteiger partial charge in [-0.25, -0.2) is 4.79 Å². The zero-order valence-electron chi connectivity index (χ0n) is 18.5. The number of carbonyl (C=O) groups is 1. The van der Waals surface area contributed by atoms with Crippen molar-refractivity contribution in [3.05, 3.63) is 53.9 Å². The van der Waals surface area contributed by atoms with Gasteiger partial charge < -0.3 is 18.8 Å². The van der Waals surface area contributed by atoms with E-state index < -0.39 is 11.6 Å². The summed E-state index contributed by atoms with van der Waals surface area (Å²) in [6.45, 7) is 2.34. The zero-order chi connectivity index (χ0) is 21.7. The maximum atomic E-state index is 13.4. The van der Waals surface area contributed by atoms with Crippen molar-refractivity contribution < 1.29 is 23.6 Å². The van der Waals surface area contributed by atoms with E-state index in [4.69, 9.17) is 9.26 Å². The zero-order valence-corrected chi connectivity index (χ0v) is 18.5. The van der Waals surface area contributed by atoms with Gasteiger partial charge in [0.2, 0.25) is 0 Å². The second-order valence-electron chi connectivity index (χ2n) is 9.53. The molecule has 1 aliphatic heterocycles. The topological polar surface area (TPSA) is 72.6 Å². The van der Waals surface area contributed by atoms with Crippen molar-refractivity contribution in [1.82, 2.24) is 5.16 Å². The predicted molar refractivity (Wildman–Crippen MR) is 117 cm³/mol. The van der Waals surface area contributed by atoms with Crippen molar-refractivity contribution in [2.45, 2.75) is 63.0 Å². The Bertz CT molecular complexity index is 834. The summed E-state index contributed by atoms with van der Waals surface area (Å²) in [7, 11) is 2.23. The first kappa shape index (κ1) is 22.0. The first-order valence-electron chi connectivity index (χ1n) is 11.7. The van der Waals surface area contributed by atoms with E-state index in [9.17, 15) is 9.90 Å². The number of ether oxygens (including phenoxy) is 1. The molecule has 3 unspecified atom stereocenters. The van der Waals surface area contributed by atoms with E-state index in [-0.39, 0.29) is 12.0 Å². The molecule has 6 heteroatoms. The standard InChI is InChI=1S/C25H35N2O4/c1-27(17-14-22-15-18-31-26-22)16-8-13-23(27)19-30-24(28)25(29,20-9-4-2-5-10-20)21-11-6-3-7-12-21/h2,4-5,9-10,15,18,21,23,29H,3,6-8,11-14,16-17,19H2,1H3/q+1. The number of quaternary nitrogens is 1. The molecule has 1 N–H and O–H groups in total. The second-order valence-corrected chi connectivity index (χ2v) is 9.53. The van der Waals surface area contributed by atoms with Crippen molar-refractivity contribution in [2.24, 2.45) is 5.92 Å². The summed E-state index contributed by atoms with van der Waals surface area (Å²) in [6.07, 6.45) is 9.56. The van der Waals surface area contributed by atoms with Gasteiger partial charge in [0.25, 0.3) is 0 Å². The monoisotopic (exact) mass is 427 g/mol. The fraction of sp³-hybridized carbons (Fsp3) is 0.600. The number of likely N-dealkylation sites (N-methyl/N-ethyl adjacent to an activating group) is 1. The molecular weight excluding hydrogens is 392 g/mol. The number of benzene rings is 1. The van der Waals surface area contributed by atoms with Crippen molar-refractivity contribution in [2.75, 3.05) is 26.7 Å². The lowest BCUT2D eigenvalue weighted by atomic mass is 9.73. The molecule has 1 aromatic heterocycles. The highest BCUT2D eigenvalue weighted by molar-refractivity contribution is 5.81. The molecule has 6 nitrogen and oxygen atoms in total. The summed E-state index contributed by atoms with van der Waals surface area (Å²) < 4.78 is 11.7. The number of aromatic nitrogens is 1. The smallest absolute Gasteiger partial charge is 0.343 e. The van der Waals surface area contributed by atoms with Gasteiger partial charge in [-0.15, -0.1) is 0 Å². The van der Waals surface area contributed by atoms with Gasteiger partial charge in [0.15, 0.2) is 5.60 Å². The molecule has 1 aliphatic carbocycles. The van der Waals surface area contributed by atoms with E-state index in [1.54, 1.807) is 6.26 Å². The third-order valence-corrected chi connectivity index (χ3v) is 7.59. The minimum atomic E-state index is -1.57. The molecule has 0 spiro atoms. The highest BCUT2D eigenvalue weighted by atomic mass is 16.6. The Labute approximate surface area is 184 Å². The molecule has 2 fully saturated rings. The molecule has 4 rings (SSSR count). The molecule has 2 aliphatic rings. The molecule has 0 amide bonds. The quantitative estimate of drug-likeness (QED) is 0.512. The Morgan fingerprint density at radius 1 is 1.16 bits per heavy atom. The molecule has 3 atom stereocenters. The van der Waals surface area contributed by atoms with Gasteiger partial charge in [0.05, 0.1) is 25.8 Å². The van der Waals surface area contributed by atoms with Crippen LogP contribution >= 0.6 is 0 Å². The molecule has 168 valence electrons. The summed E-state index contributed by atoms with van der Waals surface area (Å²) >= 11 is 0. The predicted octanol–water partition coefficient (Wildman–Crippen LogP) is 3.84. The Kier molecular flexibility index (Phi) is 6.77. The van der Waals surface area contributed by atoms with Gasteiger partial charge in [-0.3, -0.25) is 0 Å². The third kappa shape index (κ3) is 4.70. The minimum Gasteiger partial charge on any atom is -0.457 e. The van der Waals surface area contributed by atoms with Crippen LogP contribution in [0.2, 0.25) is 0 Å². The summed E-state index contributed by atoms with van der Waals surface area (Å²) in [6, 6.07) is 11.5. The average molecular weight is 428 g/mol. The van der Waals surface area contributed by atoms with Crippen LogP contribution in [-0.2, 0) is 21.6 Å². The van der Waals surface area contributed by atoms with Crippen LogP contribution in [0.5, 0.6) is 0 Å². The molecular formula is C25H35N2O4+. The molecule has 1 aromatic carbocycles. The lowest BCUT2D eigenvalue weighted by Gasteiger charge is -2.38. The number of likely N-dealkylation sites (tertiary alicyclic amines) is 1. The Balaban J connectivity index is 1.44.